The van der Waals surface area contributed by atoms with E-state index < -0.39 is 16.0 Å². The van der Waals surface area contributed by atoms with Crippen molar-refractivity contribution in [2.24, 2.45) is 0 Å². The molecular weight excluding hydrogens is 338 g/mol. The average molecular weight is 352 g/mol. The van der Waals surface area contributed by atoms with Crippen LogP contribution in [0.15, 0.2) is 47.9 Å². The summed E-state index contributed by atoms with van der Waals surface area (Å²) in [6, 6.07) is 11.1. The molecule has 0 fully saturated rings. The van der Waals surface area contributed by atoms with Gasteiger partial charge >= 0.3 is 5.97 Å². The van der Waals surface area contributed by atoms with Gasteiger partial charge in [0.05, 0.1) is 16.7 Å². The number of carboxylic acids is 1. The van der Waals surface area contributed by atoms with Crippen LogP contribution < -0.4 is 4.72 Å². The monoisotopic (exact) mass is 351 g/mol. The number of nitrogens with one attached hydrogen (secondary N) is 1. The zero-order valence-electron chi connectivity index (χ0n) is 12.2. The van der Waals surface area contributed by atoms with Crippen molar-refractivity contribution < 1.29 is 18.3 Å². The number of benzene rings is 2. The zero-order valence-corrected chi connectivity index (χ0v) is 13.7. The van der Waals surface area contributed by atoms with Crippen LogP contribution in [-0.4, -0.2) is 19.5 Å². The minimum atomic E-state index is -3.84. The van der Waals surface area contributed by atoms with Crippen LogP contribution in [0, 0.1) is 6.92 Å². The van der Waals surface area contributed by atoms with E-state index in [1.54, 1.807) is 37.3 Å². The molecule has 2 aromatic rings. The zero-order chi connectivity index (χ0) is 17.0. The Morgan fingerprint density at radius 1 is 1.17 bits per heavy atom. The highest BCUT2D eigenvalue weighted by Gasteiger charge is 2.14. The van der Waals surface area contributed by atoms with Gasteiger partial charge in [-0.15, -0.1) is 0 Å². The second-order valence-corrected chi connectivity index (χ2v) is 6.86. The Labute approximate surface area is 139 Å². The van der Waals surface area contributed by atoms with E-state index in [4.69, 9.17) is 16.7 Å². The lowest BCUT2D eigenvalue weighted by molar-refractivity contribution is 0.0698. The number of aryl methyl sites for hydroxylation is 1. The number of hydrogen-bond donors (Lipinski definition) is 2. The van der Waals surface area contributed by atoms with E-state index in [9.17, 15) is 13.2 Å². The van der Waals surface area contributed by atoms with Crippen LogP contribution >= 0.6 is 11.6 Å². The summed E-state index contributed by atoms with van der Waals surface area (Å²) in [5.41, 5.74) is 1.29. The lowest BCUT2D eigenvalue weighted by atomic mass is 10.1. The molecule has 0 spiro atoms. The number of hydrogen-bond acceptors (Lipinski definition) is 3. The summed E-state index contributed by atoms with van der Waals surface area (Å²) >= 11 is 5.76. The minimum Gasteiger partial charge on any atom is -0.478 e. The molecule has 0 amide bonds. The third kappa shape index (κ3) is 4.84. The predicted molar refractivity (Wildman–Crippen MR) is 91.2 cm³/mol. The number of rotatable bonds is 5. The Kier molecular flexibility index (Phi) is 5.08. The summed E-state index contributed by atoms with van der Waals surface area (Å²) in [5.74, 6) is -1.20. The topological polar surface area (TPSA) is 83.5 Å². The Morgan fingerprint density at radius 2 is 1.83 bits per heavy atom. The van der Waals surface area contributed by atoms with Gasteiger partial charge in [0.1, 0.15) is 0 Å². The highest BCUT2D eigenvalue weighted by Crippen LogP contribution is 2.19. The van der Waals surface area contributed by atoms with Gasteiger partial charge in [0.2, 0.25) is 0 Å². The van der Waals surface area contributed by atoms with Gasteiger partial charge in [0.25, 0.3) is 10.0 Å². The fraction of sp³-hybridized carbons (Fsp3) is 0.0625. The molecule has 0 aliphatic carbocycles. The second kappa shape index (κ2) is 6.85. The van der Waals surface area contributed by atoms with Crippen molar-refractivity contribution in [3.8, 4) is 0 Å². The third-order valence-corrected chi connectivity index (χ3v) is 4.22. The molecule has 23 heavy (non-hydrogen) atoms. The standard InChI is InChI=1S/C16H14ClNO4S/c1-11-2-7-15(14(10-11)16(19)20)18-23(21,22)9-8-12-3-5-13(17)6-4-12/h2-10,18H,1H3,(H,19,20). The summed E-state index contributed by atoms with van der Waals surface area (Å²) in [4.78, 5) is 11.2. The normalized spacial score (nSPS) is 11.6. The second-order valence-electron chi connectivity index (χ2n) is 4.86. The van der Waals surface area contributed by atoms with E-state index in [1.165, 1.54) is 18.2 Å². The molecule has 0 saturated heterocycles. The van der Waals surface area contributed by atoms with Gasteiger partial charge < -0.3 is 5.11 Å². The van der Waals surface area contributed by atoms with Crippen molar-refractivity contribution in [1.82, 2.24) is 0 Å². The molecule has 0 atom stereocenters. The fourth-order valence-electron chi connectivity index (χ4n) is 1.85. The fourth-order valence-corrected chi connectivity index (χ4v) is 2.87. The Balaban J connectivity index is 2.25. The summed E-state index contributed by atoms with van der Waals surface area (Å²) in [6.45, 7) is 1.73. The predicted octanol–water partition coefficient (Wildman–Crippen LogP) is 3.76. The van der Waals surface area contributed by atoms with Crippen LogP contribution in [0.1, 0.15) is 21.5 Å². The molecule has 0 bridgehead atoms. The first-order chi connectivity index (χ1) is 10.8. The molecule has 7 heteroatoms. The van der Waals surface area contributed by atoms with Crippen molar-refractivity contribution in [3.63, 3.8) is 0 Å². The van der Waals surface area contributed by atoms with Gasteiger partial charge in [-0.2, -0.15) is 0 Å². The van der Waals surface area contributed by atoms with Crippen molar-refractivity contribution in [3.05, 3.63) is 69.6 Å². The highest BCUT2D eigenvalue weighted by molar-refractivity contribution is 7.95. The van der Waals surface area contributed by atoms with E-state index in [0.29, 0.717) is 10.6 Å². The Hall–Kier alpha value is -2.31. The highest BCUT2D eigenvalue weighted by atomic mass is 35.5. The number of carboxylic acid groups (broad SMARTS) is 1. The van der Waals surface area contributed by atoms with Crippen LogP contribution in [0.3, 0.4) is 0 Å². The number of halogens is 1. The van der Waals surface area contributed by atoms with Crippen LogP contribution in [0.2, 0.25) is 5.02 Å². The molecule has 120 valence electrons. The molecule has 0 radical (unpaired) electrons. The molecule has 0 unspecified atom stereocenters. The van der Waals surface area contributed by atoms with Crippen LogP contribution in [0.25, 0.3) is 6.08 Å². The molecule has 0 saturated carbocycles. The molecular formula is C16H14ClNO4S. The van der Waals surface area contributed by atoms with Crippen LogP contribution in [0.4, 0.5) is 5.69 Å². The maximum absolute atomic E-state index is 12.1. The first kappa shape index (κ1) is 17.1. The Morgan fingerprint density at radius 3 is 2.43 bits per heavy atom. The van der Waals surface area contributed by atoms with Crippen molar-refractivity contribution in [1.29, 1.82) is 0 Å². The molecule has 2 N–H and O–H groups in total. The quantitative estimate of drug-likeness (QED) is 0.859. The van der Waals surface area contributed by atoms with Crippen molar-refractivity contribution in [2.45, 2.75) is 6.92 Å². The van der Waals surface area contributed by atoms with E-state index in [1.807, 2.05) is 0 Å². The van der Waals surface area contributed by atoms with E-state index in [0.717, 1.165) is 11.0 Å². The molecule has 0 aliphatic rings. The summed E-state index contributed by atoms with van der Waals surface area (Å²) in [7, 11) is -3.84. The van der Waals surface area contributed by atoms with Gasteiger partial charge in [-0.1, -0.05) is 35.4 Å². The maximum Gasteiger partial charge on any atom is 0.337 e. The molecule has 2 aromatic carbocycles. The lowest BCUT2D eigenvalue weighted by Crippen LogP contribution is -2.12. The van der Waals surface area contributed by atoms with E-state index in [-0.39, 0.29) is 11.3 Å². The molecule has 2 rings (SSSR count). The SMILES string of the molecule is Cc1ccc(NS(=O)(=O)C=Cc2ccc(Cl)cc2)c(C(=O)O)c1. The van der Waals surface area contributed by atoms with Gasteiger partial charge in [-0.05, 0) is 42.8 Å². The summed E-state index contributed by atoms with van der Waals surface area (Å²) in [6.07, 6.45) is 1.40. The van der Waals surface area contributed by atoms with Gasteiger partial charge in [-0.25, -0.2) is 13.2 Å². The van der Waals surface area contributed by atoms with E-state index >= 15 is 0 Å². The minimum absolute atomic E-state index is 0.0175. The molecule has 0 heterocycles. The third-order valence-electron chi connectivity index (χ3n) is 2.97. The molecule has 5 nitrogen and oxygen atoms in total. The summed E-state index contributed by atoms with van der Waals surface area (Å²) < 4.78 is 26.4. The van der Waals surface area contributed by atoms with Crippen LogP contribution in [0.5, 0.6) is 0 Å². The van der Waals surface area contributed by atoms with Crippen LogP contribution in [-0.2, 0) is 10.0 Å². The number of aromatic carboxylic acids is 1. The van der Waals surface area contributed by atoms with Gasteiger partial charge in [-0.3, -0.25) is 4.72 Å². The average Bonchev–Trinajstić information content (AvgIpc) is 2.48. The number of anilines is 1. The van der Waals surface area contributed by atoms with Gasteiger partial charge in [0.15, 0.2) is 0 Å². The first-order valence-electron chi connectivity index (χ1n) is 6.57. The smallest absolute Gasteiger partial charge is 0.337 e. The summed E-state index contributed by atoms with van der Waals surface area (Å²) in [5, 5.41) is 10.7. The number of sulfonamides is 1. The lowest BCUT2D eigenvalue weighted by Gasteiger charge is -2.08. The first-order valence-corrected chi connectivity index (χ1v) is 8.50. The number of carbonyl (C=O) groups is 1. The maximum atomic E-state index is 12.1. The van der Waals surface area contributed by atoms with Gasteiger partial charge in [0, 0.05) is 5.02 Å². The Bertz CT molecular complexity index is 858. The van der Waals surface area contributed by atoms with E-state index in [2.05, 4.69) is 4.72 Å². The largest absolute Gasteiger partial charge is 0.478 e. The van der Waals surface area contributed by atoms with Crippen molar-refractivity contribution in [2.75, 3.05) is 4.72 Å². The van der Waals surface area contributed by atoms with Crippen molar-refractivity contribution >= 4 is 39.4 Å². The molecule has 0 aromatic heterocycles. The molecule has 0 aliphatic heterocycles.